The molecule has 0 amide bonds. The van der Waals surface area contributed by atoms with E-state index in [4.69, 9.17) is 42.2 Å². The smallest absolute Gasteiger partial charge is 0.352 e. The summed E-state index contributed by atoms with van der Waals surface area (Å²) in [5.41, 5.74) is 1.61. The Hall–Kier alpha value is -5.69. The number of ether oxygens (including phenoxy) is 7. The number of esters is 1. The number of carbonyl (C=O) groups excluding carboxylic acids is 1. The van der Waals surface area contributed by atoms with E-state index in [1.54, 1.807) is 32.5 Å². The lowest BCUT2D eigenvalue weighted by Crippen LogP contribution is -2.39. The Bertz CT molecular complexity index is 2410. The van der Waals surface area contributed by atoms with Gasteiger partial charge in [0.05, 0.1) is 52.6 Å². The van der Waals surface area contributed by atoms with Gasteiger partial charge in [0.2, 0.25) is 5.88 Å². The lowest BCUT2D eigenvalue weighted by atomic mass is 9.80. The highest BCUT2D eigenvalue weighted by Crippen LogP contribution is 2.51. The summed E-state index contributed by atoms with van der Waals surface area (Å²) in [6, 6.07) is 36.9. The Labute approximate surface area is 419 Å². The molecule has 5 aromatic rings. The molecule has 16 heteroatoms. The summed E-state index contributed by atoms with van der Waals surface area (Å²) >= 11 is 0. The van der Waals surface area contributed by atoms with Gasteiger partial charge in [0, 0.05) is 36.9 Å². The number of nitriles is 1. The van der Waals surface area contributed by atoms with E-state index in [-0.39, 0.29) is 50.6 Å². The van der Waals surface area contributed by atoms with Crippen molar-refractivity contribution >= 4 is 14.5 Å². The summed E-state index contributed by atoms with van der Waals surface area (Å²) in [5.74, 6) is 1.75. The predicted molar refractivity (Wildman–Crippen MR) is 272 cm³/mol. The van der Waals surface area contributed by atoms with Crippen LogP contribution in [-0.2, 0) is 33.7 Å². The van der Waals surface area contributed by atoms with E-state index < -0.39 is 44.2 Å². The maximum absolute atomic E-state index is 13.9. The quantitative estimate of drug-likeness (QED) is 0.0146. The molecule has 0 bridgehead atoms. The van der Waals surface area contributed by atoms with Crippen LogP contribution in [0.2, 0.25) is 0 Å². The zero-order valence-corrected chi connectivity index (χ0v) is 43.0. The van der Waals surface area contributed by atoms with Crippen molar-refractivity contribution in [3.05, 3.63) is 148 Å². The minimum atomic E-state index is -1.69. The minimum absolute atomic E-state index is 0.0393. The molecule has 0 aliphatic carbocycles. The third kappa shape index (κ3) is 15.2. The number of benzene rings is 4. The Morgan fingerprint density at radius 1 is 0.803 bits per heavy atom. The van der Waals surface area contributed by atoms with Crippen LogP contribution in [0.1, 0.15) is 101 Å². The molecule has 1 unspecified atom stereocenters. The van der Waals surface area contributed by atoms with Crippen molar-refractivity contribution in [1.29, 1.82) is 5.26 Å². The second-order valence-corrected chi connectivity index (χ2v) is 19.2. The van der Waals surface area contributed by atoms with Crippen LogP contribution in [0.25, 0.3) is 0 Å². The standard InChI is InChI=1S/C55H69N4O11P/c1-40(2)59(41(3)4)71(67-35-19-32-56)70-49-36-51(58-37-42(5)53(57-54(58)61)65-34-18-10-8-9-17-33-64-39-52(60)68-48-22-15-12-16-23-48)69-50(49)38-66-55(43-20-13-11-14-21-43,44-24-28-46(62-6)29-25-44)45-26-30-47(63-7)31-27-45/h11-16,20-31,37,40-41,49-51H,8-10,17-19,33-36,38-39H2,1-7H3/t49-,50+,51+,71?/m0/s1. The normalized spacial score (nSPS) is 16.3. The van der Waals surface area contributed by atoms with Crippen LogP contribution in [0.4, 0.5) is 0 Å². The molecule has 6 rings (SSSR count). The number of para-hydroxylation sites is 1. The summed E-state index contributed by atoms with van der Waals surface area (Å²) in [7, 11) is 1.58. The van der Waals surface area contributed by atoms with Gasteiger partial charge < -0.3 is 42.2 Å². The van der Waals surface area contributed by atoms with Crippen LogP contribution >= 0.6 is 8.53 Å². The van der Waals surface area contributed by atoms with Crippen LogP contribution in [0.5, 0.6) is 23.1 Å². The van der Waals surface area contributed by atoms with Gasteiger partial charge in [0.25, 0.3) is 8.53 Å². The molecule has 71 heavy (non-hydrogen) atoms. The zero-order chi connectivity index (χ0) is 50.6. The summed E-state index contributed by atoms with van der Waals surface area (Å²) in [5, 5.41) is 9.45. The van der Waals surface area contributed by atoms with E-state index in [1.807, 2.05) is 104 Å². The average Bonchev–Trinajstić information content (AvgIpc) is 3.78. The van der Waals surface area contributed by atoms with Crippen molar-refractivity contribution in [3.8, 4) is 29.2 Å². The topological polar surface area (TPSA) is 162 Å². The molecule has 1 fully saturated rings. The van der Waals surface area contributed by atoms with Crippen LogP contribution in [0, 0.1) is 18.3 Å². The van der Waals surface area contributed by atoms with Gasteiger partial charge in [0.1, 0.15) is 41.8 Å². The van der Waals surface area contributed by atoms with Crippen molar-refractivity contribution in [2.75, 3.05) is 47.3 Å². The van der Waals surface area contributed by atoms with Gasteiger partial charge >= 0.3 is 11.7 Å². The molecule has 4 aromatic carbocycles. The predicted octanol–water partition coefficient (Wildman–Crippen LogP) is 10.5. The molecular weight excluding hydrogens is 924 g/mol. The number of hydrogen-bond acceptors (Lipinski definition) is 14. The highest BCUT2D eigenvalue weighted by molar-refractivity contribution is 7.44. The van der Waals surface area contributed by atoms with E-state index in [9.17, 15) is 14.9 Å². The van der Waals surface area contributed by atoms with Gasteiger partial charge in [-0.1, -0.05) is 92.1 Å². The van der Waals surface area contributed by atoms with Gasteiger partial charge in [-0.2, -0.15) is 10.2 Å². The van der Waals surface area contributed by atoms with Gasteiger partial charge in [0.15, 0.2) is 0 Å². The first-order valence-electron chi connectivity index (χ1n) is 24.4. The fraction of sp³-hybridized carbons (Fsp3) is 0.455. The number of aromatic nitrogens is 2. The van der Waals surface area contributed by atoms with Crippen molar-refractivity contribution in [2.24, 2.45) is 0 Å². The Morgan fingerprint density at radius 3 is 1.97 bits per heavy atom. The Morgan fingerprint density at radius 2 is 1.38 bits per heavy atom. The first-order chi connectivity index (χ1) is 34.5. The molecule has 0 radical (unpaired) electrons. The molecule has 1 aromatic heterocycles. The molecule has 0 spiro atoms. The van der Waals surface area contributed by atoms with E-state index in [0.29, 0.717) is 36.0 Å². The van der Waals surface area contributed by atoms with E-state index in [1.165, 1.54) is 4.57 Å². The van der Waals surface area contributed by atoms with Gasteiger partial charge in [-0.15, -0.1) is 0 Å². The third-order valence-corrected chi connectivity index (χ3v) is 14.1. The molecule has 1 aliphatic rings. The molecule has 380 valence electrons. The van der Waals surface area contributed by atoms with Crippen molar-refractivity contribution < 1.29 is 47.0 Å². The van der Waals surface area contributed by atoms with Crippen molar-refractivity contribution in [3.63, 3.8) is 0 Å². The third-order valence-electron chi connectivity index (χ3n) is 12.0. The largest absolute Gasteiger partial charge is 0.497 e. The van der Waals surface area contributed by atoms with Crippen LogP contribution in [0.15, 0.2) is 120 Å². The summed E-state index contributed by atoms with van der Waals surface area (Å²) in [6.45, 7) is 11.2. The molecule has 1 saturated heterocycles. The van der Waals surface area contributed by atoms with Crippen molar-refractivity contribution in [2.45, 2.75) is 116 Å². The number of hydrogen-bond donors (Lipinski definition) is 0. The second-order valence-electron chi connectivity index (χ2n) is 17.7. The van der Waals surface area contributed by atoms with E-state index >= 15 is 0 Å². The second kappa shape index (κ2) is 27.8. The highest BCUT2D eigenvalue weighted by Gasteiger charge is 2.45. The summed E-state index contributed by atoms with van der Waals surface area (Å²) in [4.78, 5) is 30.3. The minimum Gasteiger partial charge on any atom is -0.497 e. The number of methoxy groups -OCH3 is 2. The fourth-order valence-electron chi connectivity index (χ4n) is 8.54. The van der Waals surface area contributed by atoms with E-state index in [0.717, 1.165) is 48.8 Å². The SMILES string of the molecule is COc1ccc(C(OC[C@H]2O[C@@H](n3cc(C)c(OCCCCCCCOCC(=O)Oc4ccccc4)nc3=O)C[C@@H]2OP(OCCC#N)N(C(C)C)C(C)C)(c2ccccc2)c2ccc(OC)cc2)cc1. The van der Waals surface area contributed by atoms with Crippen LogP contribution in [0.3, 0.4) is 0 Å². The summed E-state index contributed by atoms with van der Waals surface area (Å²) < 4.78 is 59.3. The molecule has 0 N–H and O–H groups in total. The lowest BCUT2D eigenvalue weighted by molar-refractivity contribution is -0.139. The Kier molecular flexibility index (Phi) is 21.4. The number of rotatable bonds is 29. The zero-order valence-electron chi connectivity index (χ0n) is 42.1. The van der Waals surface area contributed by atoms with Crippen LogP contribution in [-0.4, -0.2) is 91.7 Å². The maximum atomic E-state index is 13.9. The first-order valence-corrected chi connectivity index (χ1v) is 25.6. The molecule has 1 aliphatic heterocycles. The van der Waals surface area contributed by atoms with Crippen molar-refractivity contribution in [1.82, 2.24) is 14.2 Å². The summed E-state index contributed by atoms with van der Waals surface area (Å²) in [6.07, 6.45) is 4.57. The number of carbonyl (C=O) groups is 1. The van der Waals surface area contributed by atoms with E-state index in [2.05, 4.69) is 43.4 Å². The van der Waals surface area contributed by atoms with Gasteiger partial charge in [-0.25, -0.2) is 14.3 Å². The number of unbranched alkanes of at least 4 members (excludes halogenated alkanes) is 4. The lowest BCUT2D eigenvalue weighted by Gasteiger charge is -2.39. The van der Waals surface area contributed by atoms with Gasteiger partial charge in [-0.3, -0.25) is 4.57 Å². The number of aryl methyl sites for hydroxylation is 1. The average molecular weight is 993 g/mol. The first kappa shape index (κ1) is 54.6. The van der Waals surface area contributed by atoms with Crippen LogP contribution < -0.4 is 24.6 Å². The monoisotopic (exact) mass is 992 g/mol. The molecule has 4 atom stereocenters. The molecular formula is C55H69N4O11P. The molecule has 2 heterocycles. The molecule has 15 nitrogen and oxygen atoms in total. The van der Waals surface area contributed by atoms with Gasteiger partial charge in [-0.05, 0) is 101 Å². The molecule has 0 saturated carbocycles. The fourth-order valence-corrected chi connectivity index (χ4v) is 10.3. The maximum Gasteiger partial charge on any atom is 0.352 e. The highest BCUT2D eigenvalue weighted by atomic mass is 31.2. The Balaban J connectivity index is 1.18. The number of nitrogens with zero attached hydrogens (tertiary/aromatic N) is 4.